The van der Waals surface area contributed by atoms with E-state index in [1.54, 1.807) is 6.20 Å². The van der Waals surface area contributed by atoms with Crippen molar-refractivity contribution in [2.45, 2.75) is 13.5 Å². The fourth-order valence-electron chi connectivity index (χ4n) is 1.74. The molecule has 0 saturated carbocycles. The standard InChI is InChI=1S/C13H13ClN4O/c1-2-18(7-10-5-3-4-6-15-10)13-11(8-19)12(14)16-9-17-13/h3-6,8-9H,2,7H2,1H3. The smallest absolute Gasteiger partial charge is 0.156 e. The van der Waals surface area contributed by atoms with Crippen LogP contribution < -0.4 is 4.90 Å². The first kappa shape index (κ1) is 13.4. The minimum atomic E-state index is 0.166. The zero-order valence-electron chi connectivity index (χ0n) is 10.5. The van der Waals surface area contributed by atoms with Crippen molar-refractivity contribution >= 4 is 23.7 Å². The van der Waals surface area contributed by atoms with Crippen LogP contribution in [0.2, 0.25) is 5.15 Å². The number of carbonyl (C=O) groups is 1. The van der Waals surface area contributed by atoms with E-state index in [1.807, 2.05) is 30.0 Å². The maximum Gasteiger partial charge on any atom is 0.156 e. The molecule has 0 unspecified atom stereocenters. The van der Waals surface area contributed by atoms with Crippen molar-refractivity contribution in [2.75, 3.05) is 11.4 Å². The molecule has 0 aliphatic heterocycles. The molecule has 0 saturated heterocycles. The van der Waals surface area contributed by atoms with Crippen LogP contribution in [0.3, 0.4) is 0 Å². The Bertz CT molecular complexity index is 562. The van der Waals surface area contributed by atoms with Gasteiger partial charge in [-0.15, -0.1) is 0 Å². The van der Waals surface area contributed by atoms with Gasteiger partial charge in [0.1, 0.15) is 17.3 Å². The van der Waals surface area contributed by atoms with Crippen molar-refractivity contribution in [3.8, 4) is 0 Å². The average molecular weight is 277 g/mol. The highest BCUT2D eigenvalue weighted by molar-refractivity contribution is 6.32. The zero-order valence-corrected chi connectivity index (χ0v) is 11.2. The van der Waals surface area contributed by atoms with Crippen molar-refractivity contribution in [3.05, 3.63) is 47.1 Å². The van der Waals surface area contributed by atoms with Gasteiger partial charge in [0.05, 0.1) is 17.8 Å². The summed E-state index contributed by atoms with van der Waals surface area (Å²) in [6.45, 7) is 3.23. The molecular formula is C13H13ClN4O. The summed E-state index contributed by atoms with van der Waals surface area (Å²) < 4.78 is 0. The fraction of sp³-hybridized carbons (Fsp3) is 0.231. The van der Waals surface area contributed by atoms with E-state index >= 15 is 0 Å². The predicted octanol–water partition coefficient (Wildman–Crippen LogP) is 2.36. The highest BCUT2D eigenvalue weighted by atomic mass is 35.5. The summed E-state index contributed by atoms with van der Waals surface area (Å²) in [6, 6.07) is 5.70. The summed E-state index contributed by atoms with van der Waals surface area (Å²) in [5, 5.41) is 0.166. The average Bonchev–Trinajstić information content (AvgIpc) is 2.45. The van der Waals surface area contributed by atoms with Crippen LogP contribution in [0.4, 0.5) is 5.82 Å². The van der Waals surface area contributed by atoms with E-state index in [0.717, 1.165) is 5.69 Å². The lowest BCUT2D eigenvalue weighted by molar-refractivity contribution is 0.112. The molecule has 0 spiro atoms. The molecule has 0 radical (unpaired) electrons. The Morgan fingerprint density at radius 2 is 2.16 bits per heavy atom. The number of hydrogen-bond donors (Lipinski definition) is 0. The van der Waals surface area contributed by atoms with Crippen molar-refractivity contribution in [3.63, 3.8) is 0 Å². The largest absolute Gasteiger partial charge is 0.350 e. The van der Waals surface area contributed by atoms with E-state index in [1.165, 1.54) is 6.33 Å². The lowest BCUT2D eigenvalue weighted by Gasteiger charge is -2.22. The number of aromatic nitrogens is 3. The first-order valence-corrected chi connectivity index (χ1v) is 6.24. The lowest BCUT2D eigenvalue weighted by atomic mass is 10.2. The van der Waals surface area contributed by atoms with Gasteiger partial charge in [0.2, 0.25) is 0 Å². The Balaban J connectivity index is 2.32. The molecule has 98 valence electrons. The number of hydrogen-bond acceptors (Lipinski definition) is 5. The maximum absolute atomic E-state index is 11.1. The lowest BCUT2D eigenvalue weighted by Crippen LogP contribution is -2.25. The van der Waals surface area contributed by atoms with E-state index in [-0.39, 0.29) is 5.15 Å². The van der Waals surface area contributed by atoms with Gasteiger partial charge in [0.15, 0.2) is 6.29 Å². The third kappa shape index (κ3) is 3.06. The van der Waals surface area contributed by atoms with Gasteiger partial charge in [-0.1, -0.05) is 17.7 Å². The van der Waals surface area contributed by atoms with Crippen LogP contribution in [0.15, 0.2) is 30.7 Å². The van der Waals surface area contributed by atoms with E-state index in [2.05, 4.69) is 15.0 Å². The third-order valence-corrected chi connectivity index (χ3v) is 2.99. The summed E-state index contributed by atoms with van der Waals surface area (Å²) in [4.78, 5) is 25.3. The molecular weight excluding hydrogens is 264 g/mol. The Morgan fingerprint density at radius 1 is 1.32 bits per heavy atom. The van der Waals surface area contributed by atoms with Crippen molar-refractivity contribution in [2.24, 2.45) is 0 Å². The number of anilines is 1. The predicted molar refractivity (Wildman–Crippen MR) is 73.4 cm³/mol. The van der Waals surface area contributed by atoms with Gasteiger partial charge in [-0.3, -0.25) is 9.78 Å². The van der Waals surface area contributed by atoms with Gasteiger partial charge in [-0.25, -0.2) is 9.97 Å². The number of rotatable bonds is 5. The van der Waals surface area contributed by atoms with E-state index in [9.17, 15) is 4.79 Å². The van der Waals surface area contributed by atoms with Crippen LogP contribution in [-0.4, -0.2) is 27.8 Å². The summed E-state index contributed by atoms with van der Waals surface area (Å²) in [5.41, 5.74) is 1.21. The molecule has 0 amide bonds. The second-order valence-electron chi connectivity index (χ2n) is 3.85. The third-order valence-electron chi connectivity index (χ3n) is 2.69. The number of aldehydes is 1. The van der Waals surface area contributed by atoms with Gasteiger partial charge < -0.3 is 4.90 Å². The van der Waals surface area contributed by atoms with Crippen molar-refractivity contribution in [1.82, 2.24) is 15.0 Å². The molecule has 2 rings (SSSR count). The molecule has 0 fully saturated rings. The monoisotopic (exact) mass is 276 g/mol. The summed E-state index contributed by atoms with van der Waals surface area (Å²) >= 11 is 5.91. The molecule has 19 heavy (non-hydrogen) atoms. The quantitative estimate of drug-likeness (QED) is 0.620. The first-order chi connectivity index (χ1) is 9.26. The minimum absolute atomic E-state index is 0.166. The molecule has 2 aromatic heterocycles. The summed E-state index contributed by atoms with van der Waals surface area (Å²) in [7, 11) is 0. The highest BCUT2D eigenvalue weighted by Crippen LogP contribution is 2.22. The van der Waals surface area contributed by atoms with Crippen LogP contribution in [0.5, 0.6) is 0 Å². The van der Waals surface area contributed by atoms with Crippen LogP contribution in [0, 0.1) is 0 Å². The number of pyridine rings is 1. The topological polar surface area (TPSA) is 59.0 Å². The van der Waals surface area contributed by atoms with Crippen LogP contribution >= 0.6 is 11.6 Å². The van der Waals surface area contributed by atoms with Gasteiger partial charge >= 0.3 is 0 Å². The van der Waals surface area contributed by atoms with Gasteiger partial charge in [0.25, 0.3) is 0 Å². The summed E-state index contributed by atoms with van der Waals surface area (Å²) in [5.74, 6) is 0.531. The molecule has 0 aliphatic rings. The second kappa shape index (κ2) is 6.24. The van der Waals surface area contributed by atoms with Crippen LogP contribution in [0.1, 0.15) is 23.0 Å². The Morgan fingerprint density at radius 3 is 2.79 bits per heavy atom. The second-order valence-corrected chi connectivity index (χ2v) is 4.21. The molecule has 0 bridgehead atoms. The highest BCUT2D eigenvalue weighted by Gasteiger charge is 2.15. The van der Waals surface area contributed by atoms with E-state index in [4.69, 9.17) is 11.6 Å². The molecule has 0 N–H and O–H groups in total. The van der Waals surface area contributed by atoms with Gasteiger partial charge in [-0.2, -0.15) is 0 Å². The Hall–Kier alpha value is -2.01. The van der Waals surface area contributed by atoms with Gasteiger partial charge in [0, 0.05) is 12.7 Å². The Labute approximate surface area is 116 Å². The normalized spacial score (nSPS) is 10.2. The number of halogens is 1. The van der Waals surface area contributed by atoms with Crippen LogP contribution in [-0.2, 0) is 6.54 Å². The SMILES string of the molecule is CCN(Cc1ccccn1)c1ncnc(Cl)c1C=O. The van der Waals surface area contributed by atoms with E-state index in [0.29, 0.717) is 30.8 Å². The van der Waals surface area contributed by atoms with Crippen molar-refractivity contribution < 1.29 is 4.79 Å². The molecule has 5 nitrogen and oxygen atoms in total. The molecule has 2 heterocycles. The van der Waals surface area contributed by atoms with E-state index < -0.39 is 0 Å². The molecule has 2 aromatic rings. The molecule has 0 aliphatic carbocycles. The first-order valence-electron chi connectivity index (χ1n) is 5.86. The molecule has 6 heteroatoms. The number of carbonyl (C=O) groups excluding carboxylic acids is 1. The molecule has 0 aromatic carbocycles. The van der Waals surface area contributed by atoms with Gasteiger partial charge in [-0.05, 0) is 19.1 Å². The maximum atomic E-state index is 11.1. The minimum Gasteiger partial charge on any atom is -0.350 e. The fourth-order valence-corrected chi connectivity index (χ4v) is 1.92. The summed E-state index contributed by atoms with van der Waals surface area (Å²) in [6.07, 6.45) is 3.77. The van der Waals surface area contributed by atoms with Crippen LogP contribution in [0.25, 0.3) is 0 Å². The Kier molecular flexibility index (Phi) is 4.41. The zero-order chi connectivity index (χ0) is 13.7. The number of nitrogens with zero attached hydrogens (tertiary/aromatic N) is 4. The molecule has 0 atom stereocenters. The van der Waals surface area contributed by atoms with Crippen molar-refractivity contribution in [1.29, 1.82) is 0 Å².